The van der Waals surface area contributed by atoms with Crippen molar-refractivity contribution in [2.75, 3.05) is 26.2 Å². The second kappa shape index (κ2) is 6.82. The smallest absolute Gasteiger partial charge is 0.251 e. The van der Waals surface area contributed by atoms with Crippen molar-refractivity contribution in [2.45, 2.75) is 39.2 Å². The lowest BCUT2D eigenvalue weighted by molar-refractivity contribution is 0.162. The summed E-state index contributed by atoms with van der Waals surface area (Å²) in [4.78, 5) is 21.7. The molecular weight excluding hydrogens is 240 g/mol. The quantitative estimate of drug-likeness (QED) is 0.835. The highest BCUT2D eigenvalue weighted by atomic mass is 16.1. The molecule has 106 valence electrons. The van der Waals surface area contributed by atoms with Crippen LogP contribution in [0.5, 0.6) is 0 Å². The number of rotatable bonds is 5. The second-order valence-corrected chi connectivity index (χ2v) is 5.08. The molecule has 0 aliphatic carbocycles. The van der Waals surface area contributed by atoms with Gasteiger partial charge in [-0.2, -0.15) is 0 Å². The van der Waals surface area contributed by atoms with Gasteiger partial charge in [0, 0.05) is 37.9 Å². The van der Waals surface area contributed by atoms with Gasteiger partial charge in [0.25, 0.3) is 5.56 Å². The number of nitrogens with one attached hydrogen (secondary N) is 2. The van der Waals surface area contributed by atoms with E-state index in [0.29, 0.717) is 0 Å². The zero-order valence-electron chi connectivity index (χ0n) is 11.9. The molecule has 1 aromatic heterocycles. The monoisotopic (exact) mass is 264 g/mol. The van der Waals surface area contributed by atoms with Gasteiger partial charge in [-0.3, -0.25) is 9.69 Å². The second-order valence-electron chi connectivity index (χ2n) is 5.08. The zero-order chi connectivity index (χ0) is 13.7. The van der Waals surface area contributed by atoms with E-state index in [4.69, 9.17) is 0 Å². The van der Waals surface area contributed by atoms with Crippen molar-refractivity contribution in [3.63, 3.8) is 0 Å². The number of piperazine rings is 1. The third kappa shape index (κ3) is 3.64. The summed E-state index contributed by atoms with van der Waals surface area (Å²) in [6.45, 7) is 8.31. The fraction of sp³-hybridized carbons (Fsp3) is 0.714. The highest BCUT2D eigenvalue weighted by molar-refractivity contribution is 5.06. The minimum atomic E-state index is -0.0259. The van der Waals surface area contributed by atoms with Gasteiger partial charge in [0.1, 0.15) is 5.82 Å². The van der Waals surface area contributed by atoms with Crippen LogP contribution < -0.4 is 10.9 Å². The van der Waals surface area contributed by atoms with Crippen LogP contribution in [0.2, 0.25) is 0 Å². The molecule has 1 aliphatic heterocycles. The molecule has 0 radical (unpaired) electrons. The van der Waals surface area contributed by atoms with Gasteiger partial charge < -0.3 is 10.3 Å². The van der Waals surface area contributed by atoms with Gasteiger partial charge >= 0.3 is 0 Å². The van der Waals surface area contributed by atoms with Crippen molar-refractivity contribution < 1.29 is 0 Å². The molecule has 0 spiro atoms. The van der Waals surface area contributed by atoms with Gasteiger partial charge in [0.05, 0.1) is 6.04 Å². The molecule has 1 saturated heterocycles. The number of hydrogen-bond acceptors (Lipinski definition) is 4. The van der Waals surface area contributed by atoms with E-state index in [1.807, 2.05) is 0 Å². The summed E-state index contributed by atoms with van der Waals surface area (Å²) in [5.74, 6) is 0.834. The minimum Gasteiger partial charge on any atom is -0.314 e. The molecule has 5 heteroatoms. The molecule has 0 aromatic carbocycles. The molecule has 1 unspecified atom stereocenters. The lowest BCUT2D eigenvalue weighted by Crippen LogP contribution is -2.45. The molecule has 1 aliphatic rings. The summed E-state index contributed by atoms with van der Waals surface area (Å²) in [5, 5.41) is 3.35. The first-order chi connectivity index (χ1) is 9.24. The molecule has 0 saturated carbocycles. The summed E-state index contributed by atoms with van der Waals surface area (Å²) in [7, 11) is 0. The fourth-order valence-electron chi connectivity index (χ4n) is 2.69. The van der Waals surface area contributed by atoms with Gasteiger partial charge in [-0.1, -0.05) is 20.3 Å². The van der Waals surface area contributed by atoms with Crippen LogP contribution in [-0.4, -0.2) is 41.0 Å². The van der Waals surface area contributed by atoms with Crippen LogP contribution in [0.15, 0.2) is 10.9 Å². The Hall–Kier alpha value is -1.20. The maximum Gasteiger partial charge on any atom is 0.251 e. The van der Waals surface area contributed by atoms with Gasteiger partial charge in [-0.15, -0.1) is 0 Å². The molecule has 5 nitrogen and oxygen atoms in total. The van der Waals surface area contributed by atoms with Crippen molar-refractivity contribution in [3.05, 3.63) is 27.9 Å². The molecule has 0 bridgehead atoms. The number of aromatic nitrogens is 2. The Kier molecular flexibility index (Phi) is 5.10. The predicted molar refractivity (Wildman–Crippen MR) is 76.3 cm³/mol. The number of aryl methyl sites for hydroxylation is 1. The zero-order valence-corrected chi connectivity index (χ0v) is 11.9. The van der Waals surface area contributed by atoms with Crippen molar-refractivity contribution in [3.8, 4) is 0 Å². The predicted octanol–water partition coefficient (Wildman–Crippen LogP) is 1.08. The number of nitrogens with zero attached hydrogens (tertiary/aromatic N) is 2. The fourth-order valence-corrected chi connectivity index (χ4v) is 2.69. The van der Waals surface area contributed by atoms with Gasteiger partial charge in [-0.05, 0) is 12.8 Å². The van der Waals surface area contributed by atoms with Crippen LogP contribution in [0.1, 0.15) is 44.2 Å². The normalized spacial score (nSPS) is 18.4. The molecule has 0 amide bonds. The Bertz CT molecular complexity index is 451. The number of H-pyrrole nitrogens is 1. The van der Waals surface area contributed by atoms with Crippen molar-refractivity contribution in [1.82, 2.24) is 20.2 Å². The Morgan fingerprint density at radius 2 is 2.11 bits per heavy atom. The third-order valence-electron chi connectivity index (χ3n) is 3.61. The molecule has 1 atom stereocenters. The van der Waals surface area contributed by atoms with Crippen LogP contribution in [-0.2, 0) is 6.42 Å². The molecule has 2 rings (SSSR count). The summed E-state index contributed by atoms with van der Waals surface area (Å²) < 4.78 is 0. The summed E-state index contributed by atoms with van der Waals surface area (Å²) >= 11 is 0. The Morgan fingerprint density at radius 1 is 1.37 bits per heavy atom. The number of hydrogen-bond donors (Lipinski definition) is 2. The van der Waals surface area contributed by atoms with Crippen LogP contribution >= 0.6 is 0 Å². The van der Waals surface area contributed by atoms with Crippen molar-refractivity contribution in [2.24, 2.45) is 0 Å². The van der Waals surface area contributed by atoms with Crippen LogP contribution in [0.4, 0.5) is 0 Å². The maximum atomic E-state index is 11.8. The van der Waals surface area contributed by atoms with Crippen LogP contribution in [0.25, 0.3) is 0 Å². The minimum absolute atomic E-state index is 0.0259. The van der Waals surface area contributed by atoms with Gasteiger partial charge in [0.15, 0.2) is 0 Å². The molecular formula is C14H24N4O. The SMILES string of the molecule is CCCc1cc(=O)[nH]c(C(CC)N2CCNCC2)n1. The van der Waals surface area contributed by atoms with E-state index < -0.39 is 0 Å². The number of aromatic amines is 1. The van der Waals surface area contributed by atoms with E-state index >= 15 is 0 Å². The lowest BCUT2D eigenvalue weighted by atomic mass is 10.1. The van der Waals surface area contributed by atoms with Crippen molar-refractivity contribution in [1.29, 1.82) is 0 Å². The average molecular weight is 264 g/mol. The molecule has 2 N–H and O–H groups in total. The molecule has 1 fully saturated rings. The van der Waals surface area contributed by atoms with E-state index in [9.17, 15) is 4.79 Å². The summed E-state index contributed by atoms with van der Waals surface area (Å²) in [5.41, 5.74) is 0.886. The first-order valence-corrected chi connectivity index (χ1v) is 7.29. The third-order valence-corrected chi connectivity index (χ3v) is 3.61. The maximum absolute atomic E-state index is 11.8. The largest absolute Gasteiger partial charge is 0.314 e. The van der Waals surface area contributed by atoms with E-state index in [1.165, 1.54) is 0 Å². The van der Waals surface area contributed by atoms with Crippen LogP contribution in [0.3, 0.4) is 0 Å². The summed E-state index contributed by atoms with van der Waals surface area (Å²) in [6, 6.07) is 1.85. The Balaban J connectivity index is 2.23. The highest BCUT2D eigenvalue weighted by Crippen LogP contribution is 2.20. The first-order valence-electron chi connectivity index (χ1n) is 7.29. The summed E-state index contributed by atoms with van der Waals surface area (Å²) in [6.07, 6.45) is 2.85. The van der Waals surface area contributed by atoms with Crippen molar-refractivity contribution >= 4 is 0 Å². The Morgan fingerprint density at radius 3 is 2.74 bits per heavy atom. The molecule has 1 aromatic rings. The standard InChI is InChI=1S/C14H24N4O/c1-3-5-11-10-13(19)17-14(16-11)12(4-2)18-8-6-15-7-9-18/h10,12,15H,3-9H2,1-2H3,(H,16,17,19). The topological polar surface area (TPSA) is 61.0 Å². The average Bonchev–Trinajstić information content (AvgIpc) is 2.40. The van der Waals surface area contributed by atoms with E-state index in [-0.39, 0.29) is 11.6 Å². The molecule has 2 heterocycles. The Labute approximate surface area is 114 Å². The van der Waals surface area contributed by atoms with Crippen LogP contribution in [0, 0.1) is 0 Å². The first kappa shape index (κ1) is 14.2. The molecule has 19 heavy (non-hydrogen) atoms. The van der Waals surface area contributed by atoms with Gasteiger partial charge in [0.2, 0.25) is 0 Å². The van der Waals surface area contributed by atoms with E-state index in [2.05, 4.69) is 34.0 Å². The van der Waals surface area contributed by atoms with Gasteiger partial charge in [-0.25, -0.2) is 4.98 Å². The highest BCUT2D eigenvalue weighted by Gasteiger charge is 2.22. The lowest BCUT2D eigenvalue weighted by Gasteiger charge is -2.33. The van der Waals surface area contributed by atoms with E-state index in [0.717, 1.165) is 57.0 Å². The van der Waals surface area contributed by atoms with E-state index in [1.54, 1.807) is 6.07 Å².